The Bertz CT molecular complexity index is 1040. The Kier molecular flexibility index (Phi) is 5.46. The number of fused-ring (bicyclic) bond motifs is 1. The van der Waals surface area contributed by atoms with E-state index < -0.39 is 0 Å². The van der Waals surface area contributed by atoms with Gasteiger partial charge in [-0.15, -0.1) is 21.5 Å². The molecule has 1 amide bonds. The van der Waals surface area contributed by atoms with Crippen LogP contribution in [-0.2, 0) is 11.3 Å². The summed E-state index contributed by atoms with van der Waals surface area (Å²) in [4.78, 5) is 18.1. The number of thiazole rings is 1. The second-order valence-corrected chi connectivity index (χ2v) is 9.04. The second-order valence-electron chi connectivity index (χ2n) is 6.53. The molecule has 3 aromatic rings. The van der Waals surface area contributed by atoms with Crippen LogP contribution in [0.2, 0.25) is 0 Å². The van der Waals surface area contributed by atoms with E-state index in [4.69, 9.17) is 9.47 Å². The first-order valence-electron chi connectivity index (χ1n) is 9.21. The van der Waals surface area contributed by atoms with Gasteiger partial charge in [0.05, 0.1) is 10.9 Å². The molecule has 1 N–H and O–H groups in total. The van der Waals surface area contributed by atoms with Crippen molar-refractivity contribution in [3.63, 3.8) is 0 Å². The van der Waals surface area contributed by atoms with Crippen LogP contribution >= 0.6 is 23.1 Å². The van der Waals surface area contributed by atoms with Crippen molar-refractivity contribution in [2.75, 3.05) is 12.1 Å². The van der Waals surface area contributed by atoms with Gasteiger partial charge in [0.25, 0.3) is 0 Å². The van der Waals surface area contributed by atoms with Crippen molar-refractivity contribution in [2.45, 2.75) is 44.6 Å². The number of aryl methyl sites for hydroxylation is 2. The number of thioether (sulfide) groups is 1. The molecule has 8 nitrogen and oxygen atoms in total. The van der Waals surface area contributed by atoms with Crippen LogP contribution in [-0.4, -0.2) is 37.7 Å². The Morgan fingerprint density at radius 3 is 2.83 bits per heavy atom. The van der Waals surface area contributed by atoms with Crippen molar-refractivity contribution in [2.24, 2.45) is 0 Å². The van der Waals surface area contributed by atoms with Gasteiger partial charge in [0.15, 0.2) is 27.6 Å². The highest BCUT2D eigenvalue weighted by Gasteiger charge is 2.22. The lowest BCUT2D eigenvalue weighted by Gasteiger charge is -2.12. The largest absolute Gasteiger partial charge is 0.454 e. The summed E-state index contributed by atoms with van der Waals surface area (Å²) in [6.07, 6.45) is 0. The maximum Gasteiger partial charge on any atom is 0.239 e. The number of benzene rings is 1. The zero-order valence-corrected chi connectivity index (χ0v) is 18.2. The number of anilines is 1. The lowest BCUT2D eigenvalue weighted by Crippen LogP contribution is -2.22. The number of rotatable bonds is 6. The molecule has 2 aromatic heterocycles. The number of ether oxygens (including phenoxy) is 2. The van der Waals surface area contributed by atoms with Gasteiger partial charge in [-0.2, -0.15) is 0 Å². The molecule has 4 rings (SSSR count). The zero-order valence-electron chi connectivity index (χ0n) is 16.6. The van der Waals surface area contributed by atoms with E-state index in [-0.39, 0.29) is 18.0 Å². The average Bonchev–Trinajstić information content (AvgIpc) is 3.40. The van der Waals surface area contributed by atoms with Crippen molar-refractivity contribution >= 4 is 34.1 Å². The lowest BCUT2D eigenvalue weighted by atomic mass is 10.2. The van der Waals surface area contributed by atoms with E-state index in [9.17, 15) is 4.79 Å². The van der Waals surface area contributed by atoms with E-state index in [2.05, 4.69) is 20.5 Å². The Morgan fingerprint density at radius 1 is 1.31 bits per heavy atom. The third-order valence-electron chi connectivity index (χ3n) is 4.57. The summed E-state index contributed by atoms with van der Waals surface area (Å²) in [5, 5.41) is 12.5. The first-order valence-corrected chi connectivity index (χ1v) is 10.9. The highest BCUT2D eigenvalue weighted by Crippen LogP contribution is 2.36. The van der Waals surface area contributed by atoms with E-state index in [1.165, 1.54) is 23.1 Å². The van der Waals surface area contributed by atoms with Gasteiger partial charge in [0.1, 0.15) is 0 Å². The predicted molar refractivity (Wildman–Crippen MR) is 113 cm³/mol. The van der Waals surface area contributed by atoms with Crippen molar-refractivity contribution in [3.05, 3.63) is 28.8 Å². The molecular formula is C19H21N5O3S2. The molecule has 0 spiro atoms. The minimum absolute atomic E-state index is 0.112. The maximum absolute atomic E-state index is 12.6. The average molecular weight is 432 g/mol. The molecule has 29 heavy (non-hydrogen) atoms. The number of carbonyl (C=O) groups is 1. The SMILES string of the molecule is CCn1c(SC(C)C(=O)Nc2nc(C)c(C)s2)nnc1-c1ccc2c(c1)OCO2. The highest BCUT2D eigenvalue weighted by atomic mass is 32.2. The highest BCUT2D eigenvalue weighted by molar-refractivity contribution is 8.00. The molecule has 0 fully saturated rings. The topological polar surface area (TPSA) is 91.2 Å². The van der Waals surface area contributed by atoms with Crippen molar-refractivity contribution < 1.29 is 14.3 Å². The Balaban J connectivity index is 1.51. The number of nitrogens with zero attached hydrogens (tertiary/aromatic N) is 4. The summed E-state index contributed by atoms with van der Waals surface area (Å²) in [5.74, 6) is 2.04. The molecule has 1 aromatic carbocycles. The quantitative estimate of drug-likeness (QED) is 0.592. The van der Waals surface area contributed by atoms with Crippen LogP contribution in [0.15, 0.2) is 23.4 Å². The van der Waals surface area contributed by atoms with E-state index in [1.54, 1.807) is 0 Å². The Hall–Kier alpha value is -2.59. The van der Waals surface area contributed by atoms with Gasteiger partial charge in [0.2, 0.25) is 12.7 Å². The van der Waals surface area contributed by atoms with Gasteiger partial charge < -0.3 is 19.4 Å². The molecule has 152 valence electrons. The maximum atomic E-state index is 12.6. The molecule has 1 unspecified atom stereocenters. The van der Waals surface area contributed by atoms with Crippen molar-refractivity contribution in [1.29, 1.82) is 0 Å². The minimum Gasteiger partial charge on any atom is -0.454 e. The van der Waals surface area contributed by atoms with E-state index >= 15 is 0 Å². The molecule has 3 heterocycles. The van der Waals surface area contributed by atoms with Crippen LogP contribution in [0.25, 0.3) is 11.4 Å². The summed E-state index contributed by atoms with van der Waals surface area (Å²) in [7, 11) is 0. The predicted octanol–water partition coefficient (Wildman–Crippen LogP) is 3.89. The Labute approximate surface area is 176 Å². The number of hydrogen-bond donors (Lipinski definition) is 1. The summed E-state index contributed by atoms with van der Waals surface area (Å²) < 4.78 is 12.8. The van der Waals surface area contributed by atoms with Crippen molar-refractivity contribution in [1.82, 2.24) is 19.7 Å². The van der Waals surface area contributed by atoms with Gasteiger partial charge in [-0.1, -0.05) is 11.8 Å². The number of carbonyl (C=O) groups excluding carboxylic acids is 1. The van der Waals surface area contributed by atoms with Crippen LogP contribution in [0.1, 0.15) is 24.4 Å². The smallest absolute Gasteiger partial charge is 0.239 e. The first kappa shape index (κ1) is 19.7. The van der Waals surface area contributed by atoms with Gasteiger partial charge in [-0.25, -0.2) is 4.98 Å². The molecule has 1 aliphatic rings. The summed E-state index contributed by atoms with van der Waals surface area (Å²) in [6, 6.07) is 5.70. The standard InChI is InChI=1S/C19H21N5O3S2/c1-5-24-16(13-6-7-14-15(8-13)27-9-26-14)22-23-19(24)29-12(4)17(25)21-18-20-10(2)11(3)28-18/h6-8,12H,5,9H2,1-4H3,(H,20,21,25). The van der Waals surface area contributed by atoms with Crippen LogP contribution in [0.3, 0.4) is 0 Å². The molecular weight excluding hydrogens is 410 g/mol. The molecule has 1 aliphatic heterocycles. The van der Waals surface area contributed by atoms with Gasteiger partial charge >= 0.3 is 0 Å². The van der Waals surface area contributed by atoms with Crippen LogP contribution in [0.4, 0.5) is 5.13 Å². The zero-order chi connectivity index (χ0) is 20.5. The minimum atomic E-state index is -0.349. The van der Waals surface area contributed by atoms with Crippen molar-refractivity contribution in [3.8, 4) is 22.9 Å². The number of amides is 1. The molecule has 0 aliphatic carbocycles. The van der Waals surface area contributed by atoms with Crippen LogP contribution in [0.5, 0.6) is 11.5 Å². The fourth-order valence-corrected chi connectivity index (χ4v) is 4.59. The second kappa shape index (κ2) is 8.03. The number of aromatic nitrogens is 4. The number of hydrogen-bond acceptors (Lipinski definition) is 8. The van der Waals surface area contributed by atoms with E-state index in [1.807, 2.05) is 50.5 Å². The number of nitrogens with one attached hydrogen (secondary N) is 1. The fourth-order valence-electron chi connectivity index (χ4n) is 2.85. The molecule has 1 atom stereocenters. The van der Waals surface area contributed by atoms with E-state index in [0.717, 1.165) is 27.7 Å². The monoisotopic (exact) mass is 431 g/mol. The molecule has 0 radical (unpaired) electrons. The third-order valence-corrected chi connectivity index (χ3v) is 6.64. The van der Waals surface area contributed by atoms with E-state index in [0.29, 0.717) is 22.6 Å². The van der Waals surface area contributed by atoms with Gasteiger partial charge in [0, 0.05) is 17.0 Å². The van der Waals surface area contributed by atoms with Gasteiger partial charge in [-0.05, 0) is 45.9 Å². The lowest BCUT2D eigenvalue weighted by molar-refractivity contribution is -0.115. The third kappa shape index (κ3) is 3.95. The summed E-state index contributed by atoms with van der Waals surface area (Å²) >= 11 is 2.85. The molecule has 0 bridgehead atoms. The Morgan fingerprint density at radius 2 is 2.10 bits per heavy atom. The molecule has 10 heteroatoms. The molecule has 0 saturated carbocycles. The van der Waals surface area contributed by atoms with Crippen LogP contribution in [0, 0.1) is 13.8 Å². The summed E-state index contributed by atoms with van der Waals surface area (Å²) in [5.41, 5.74) is 1.82. The fraction of sp³-hybridized carbons (Fsp3) is 0.368. The normalized spacial score (nSPS) is 13.5. The molecule has 0 saturated heterocycles. The van der Waals surface area contributed by atoms with Crippen LogP contribution < -0.4 is 14.8 Å². The van der Waals surface area contributed by atoms with Gasteiger partial charge in [-0.3, -0.25) is 4.79 Å². The first-order chi connectivity index (χ1) is 14.0. The summed E-state index contributed by atoms with van der Waals surface area (Å²) in [6.45, 7) is 8.70.